The molecule has 132 valence electrons. The number of fused-ring (bicyclic) bond motifs is 1. The van der Waals surface area contributed by atoms with Crippen LogP contribution in [0.25, 0.3) is 0 Å². The van der Waals surface area contributed by atoms with Crippen LogP contribution in [0.3, 0.4) is 0 Å². The fourth-order valence-electron chi connectivity index (χ4n) is 3.45. The van der Waals surface area contributed by atoms with Crippen molar-refractivity contribution in [3.8, 4) is 0 Å². The molecule has 25 heavy (non-hydrogen) atoms. The number of carbonyl (C=O) groups is 1. The molecule has 0 bridgehead atoms. The predicted molar refractivity (Wildman–Crippen MR) is 92.5 cm³/mol. The molecule has 1 aromatic heterocycles. The van der Waals surface area contributed by atoms with Crippen molar-refractivity contribution in [2.45, 2.75) is 44.7 Å². The van der Waals surface area contributed by atoms with Gasteiger partial charge in [0.25, 0.3) is 0 Å². The molecule has 2 amide bonds. The van der Waals surface area contributed by atoms with Gasteiger partial charge in [-0.2, -0.15) is 5.10 Å². The number of aromatic nitrogens is 2. The maximum absolute atomic E-state index is 13.1. The van der Waals surface area contributed by atoms with Gasteiger partial charge in [0.15, 0.2) is 0 Å². The molecule has 1 saturated carbocycles. The van der Waals surface area contributed by atoms with E-state index in [4.69, 9.17) is 0 Å². The number of rotatable bonds is 5. The third kappa shape index (κ3) is 4.00. The van der Waals surface area contributed by atoms with Crippen molar-refractivity contribution in [1.29, 1.82) is 0 Å². The van der Waals surface area contributed by atoms with Gasteiger partial charge in [-0.25, -0.2) is 9.18 Å². The van der Waals surface area contributed by atoms with Crippen molar-refractivity contribution in [2.75, 3.05) is 6.54 Å². The molecule has 2 aliphatic rings. The number of halogens is 1. The number of aromatic amines is 1. The number of nitrogens with zero attached hydrogens (tertiary/aromatic N) is 2. The molecule has 2 aromatic rings. The van der Waals surface area contributed by atoms with E-state index >= 15 is 0 Å². The van der Waals surface area contributed by atoms with Gasteiger partial charge in [0.05, 0.1) is 6.20 Å². The Morgan fingerprint density at radius 2 is 2.08 bits per heavy atom. The Hall–Kier alpha value is -2.37. The summed E-state index contributed by atoms with van der Waals surface area (Å²) in [6, 6.07) is 6.52. The minimum atomic E-state index is -0.250. The second kappa shape index (κ2) is 6.86. The summed E-state index contributed by atoms with van der Waals surface area (Å²) in [5, 5.41) is 10.3. The lowest BCUT2D eigenvalue weighted by molar-refractivity contribution is 0.187. The average molecular weight is 342 g/mol. The van der Waals surface area contributed by atoms with Gasteiger partial charge in [0.1, 0.15) is 5.82 Å². The van der Waals surface area contributed by atoms with Crippen molar-refractivity contribution >= 4 is 6.03 Å². The summed E-state index contributed by atoms with van der Waals surface area (Å²) < 4.78 is 13.1. The molecule has 2 N–H and O–H groups in total. The lowest BCUT2D eigenvalue weighted by Crippen LogP contribution is -2.47. The van der Waals surface area contributed by atoms with Gasteiger partial charge in [0.2, 0.25) is 0 Å². The van der Waals surface area contributed by atoms with Crippen LogP contribution in [-0.2, 0) is 19.4 Å². The second-order valence-corrected chi connectivity index (χ2v) is 7.21. The van der Waals surface area contributed by atoms with E-state index in [1.54, 1.807) is 12.1 Å². The van der Waals surface area contributed by atoms with Crippen molar-refractivity contribution in [3.05, 3.63) is 53.1 Å². The van der Waals surface area contributed by atoms with E-state index in [0.29, 0.717) is 12.5 Å². The molecule has 1 unspecified atom stereocenters. The van der Waals surface area contributed by atoms with E-state index in [1.165, 1.54) is 36.2 Å². The minimum absolute atomic E-state index is 0.0202. The van der Waals surface area contributed by atoms with Crippen LogP contribution in [-0.4, -0.2) is 33.7 Å². The first kappa shape index (κ1) is 16.1. The Morgan fingerprint density at radius 1 is 1.28 bits per heavy atom. The van der Waals surface area contributed by atoms with Gasteiger partial charge in [-0.1, -0.05) is 12.1 Å². The SMILES string of the molecule is O=C(NC1CCc2[nH]ncc2C1)N(Cc1ccc(F)cc1)CC1CC1. The van der Waals surface area contributed by atoms with Gasteiger partial charge in [-0.05, 0) is 61.3 Å². The first-order valence-corrected chi connectivity index (χ1v) is 8.98. The van der Waals surface area contributed by atoms with Crippen LogP contribution in [0, 0.1) is 11.7 Å². The molecular formula is C19H23FN4O. The first-order chi connectivity index (χ1) is 12.2. The van der Waals surface area contributed by atoms with Crippen molar-refractivity contribution in [2.24, 2.45) is 5.92 Å². The Morgan fingerprint density at radius 3 is 2.84 bits per heavy atom. The molecule has 1 aromatic carbocycles. The lowest BCUT2D eigenvalue weighted by Gasteiger charge is -2.28. The number of hydrogen-bond acceptors (Lipinski definition) is 2. The van der Waals surface area contributed by atoms with Crippen molar-refractivity contribution < 1.29 is 9.18 Å². The van der Waals surface area contributed by atoms with Crippen molar-refractivity contribution in [3.63, 3.8) is 0 Å². The molecule has 1 atom stereocenters. The summed E-state index contributed by atoms with van der Waals surface area (Å²) in [6.45, 7) is 1.29. The summed E-state index contributed by atoms with van der Waals surface area (Å²) in [4.78, 5) is 14.7. The molecule has 4 rings (SSSR count). The van der Waals surface area contributed by atoms with Crippen molar-refractivity contribution in [1.82, 2.24) is 20.4 Å². The maximum atomic E-state index is 13.1. The summed E-state index contributed by atoms with van der Waals surface area (Å²) in [5.74, 6) is 0.359. The third-order valence-corrected chi connectivity index (χ3v) is 5.09. The standard InChI is InChI=1S/C19H23FN4O/c20-16-5-3-14(4-6-16)12-24(11-13-1-2-13)19(25)22-17-7-8-18-15(9-17)10-21-23-18/h3-6,10,13,17H,1-2,7-9,11-12H2,(H,21,23)(H,22,25). The number of amides is 2. The number of benzene rings is 1. The molecule has 0 spiro atoms. The zero-order valence-corrected chi connectivity index (χ0v) is 14.2. The average Bonchev–Trinajstić information content (AvgIpc) is 3.30. The zero-order valence-electron chi connectivity index (χ0n) is 14.2. The van der Waals surface area contributed by atoms with E-state index in [-0.39, 0.29) is 17.9 Å². The zero-order chi connectivity index (χ0) is 17.2. The van der Waals surface area contributed by atoms with E-state index in [9.17, 15) is 9.18 Å². The molecule has 5 nitrogen and oxygen atoms in total. The number of carbonyl (C=O) groups excluding carboxylic acids is 1. The highest BCUT2D eigenvalue weighted by Crippen LogP contribution is 2.30. The highest BCUT2D eigenvalue weighted by Gasteiger charge is 2.29. The highest BCUT2D eigenvalue weighted by molar-refractivity contribution is 5.74. The minimum Gasteiger partial charge on any atom is -0.335 e. The monoisotopic (exact) mass is 342 g/mol. The fraction of sp³-hybridized carbons (Fsp3) is 0.474. The number of aryl methyl sites for hydroxylation is 1. The summed E-state index contributed by atoms with van der Waals surface area (Å²) in [7, 11) is 0. The van der Waals surface area contributed by atoms with E-state index in [2.05, 4.69) is 15.5 Å². The Kier molecular flexibility index (Phi) is 4.42. The van der Waals surface area contributed by atoms with Crippen LogP contribution >= 0.6 is 0 Å². The maximum Gasteiger partial charge on any atom is 0.317 e. The van der Waals surface area contributed by atoms with Crippen LogP contribution in [0.1, 0.15) is 36.1 Å². The van der Waals surface area contributed by atoms with E-state index < -0.39 is 0 Å². The smallest absolute Gasteiger partial charge is 0.317 e. The Bertz CT molecular complexity index is 738. The predicted octanol–water partition coefficient (Wildman–Crippen LogP) is 3.03. The van der Waals surface area contributed by atoms with E-state index in [0.717, 1.165) is 31.4 Å². The summed E-state index contributed by atoms with van der Waals surface area (Å²) >= 11 is 0. The van der Waals surface area contributed by atoms with Gasteiger partial charge >= 0.3 is 6.03 Å². The molecule has 1 fully saturated rings. The quantitative estimate of drug-likeness (QED) is 0.877. The number of hydrogen-bond donors (Lipinski definition) is 2. The topological polar surface area (TPSA) is 61.0 Å². The van der Waals surface area contributed by atoms with Gasteiger partial charge in [-0.15, -0.1) is 0 Å². The molecule has 0 saturated heterocycles. The second-order valence-electron chi connectivity index (χ2n) is 7.21. The van der Waals surface area contributed by atoms with Crippen LogP contribution in [0.5, 0.6) is 0 Å². The molecule has 0 radical (unpaired) electrons. The molecule has 6 heteroatoms. The Labute approximate surface area is 146 Å². The van der Waals surface area contributed by atoms with E-state index in [1.807, 2.05) is 11.1 Å². The van der Waals surface area contributed by atoms with Crippen LogP contribution in [0.4, 0.5) is 9.18 Å². The molecule has 2 aliphatic carbocycles. The normalized spacial score (nSPS) is 19.3. The van der Waals surface area contributed by atoms with Gasteiger partial charge in [-0.3, -0.25) is 5.10 Å². The molecular weight excluding hydrogens is 319 g/mol. The lowest BCUT2D eigenvalue weighted by atomic mass is 9.94. The van der Waals surface area contributed by atoms with Crippen LogP contribution in [0.2, 0.25) is 0 Å². The third-order valence-electron chi connectivity index (χ3n) is 5.09. The van der Waals surface area contributed by atoms with Crippen LogP contribution in [0.15, 0.2) is 30.5 Å². The van der Waals surface area contributed by atoms with Gasteiger partial charge < -0.3 is 10.2 Å². The number of H-pyrrole nitrogens is 1. The summed E-state index contributed by atoms with van der Waals surface area (Å²) in [6.07, 6.45) is 6.90. The molecule has 1 heterocycles. The number of urea groups is 1. The highest BCUT2D eigenvalue weighted by atomic mass is 19.1. The largest absolute Gasteiger partial charge is 0.335 e. The van der Waals surface area contributed by atoms with Gasteiger partial charge in [0, 0.05) is 24.8 Å². The fourth-order valence-corrected chi connectivity index (χ4v) is 3.45. The first-order valence-electron chi connectivity index (χ1n) is 8.98. The molecule has 0 aliphatic heterocycles. The number of nitrogens with one attached hydrogen (secondary N) is 2. The summed E-state index contributed by atoms with van der Waals surface area (Å²) in [5.41, 5.74) is 3.34. The Balaban J connectivity index is 1.40. The van der Waals surface area contributed by atoms with Crippen LogP contribution < -0.4 is 5.32 Å².